The van der Waals surface area contributed by atoms with E-state index in [9.17, 15) is 19.8 Å². The van der Waals surface area contributed by atoms with Crippen LogP contribution in [0.4, 0.5) is 0 Å². The highest BCUT2D eigenvalue weighted by atomic mass is 16.5. The zero-order valence-electron chi connectivity index (χ0n) is 45.9. The maximum absolute atomic E-state index is 12.5. The van der Waals surface area contributed by atoms with Crippen molar-refractivity contribution in [3.8, 4) is 0 Å². The summed E-state index contributed by atoms with van der Waals surface area (Å²) in [6.45, 7) is 4.93. The van der Waals surface area contributed by atoms with Gasteiger partial charge >= 0.3 is 5.97 Å². The number of carbonyl (C=O) groups excluding carboxylic acids is 2. The van der Waals surface area contributed by atoms with Crippen molar-refractivity contribution in [3.05, 3.63) is 24.3 Å². The summed E-state index contributed by atoms with van der Waals surface area (Å²) < 4.78 is 5.47. The third kappa shape index (κ3) is 53.7. The fourth-order valence-corrected chi connectivity index (χ4v) is 9.55. The number of unbranched alkanes of at least 4 members (excludes halogenated alkanes) is 42. The highest BCUT2D eigenvalue weighted by Crippen LogP contribution is 2.18. The topological polar surface area (TPSA) is 95.9 Å². The number of carbonyl (C=O) groups is 2. The molecule has 0 aliphatic carbocycles. The second-order valence-corrected chi connectivity index (χ2v) is 21.0. The molecule has 0 saturated heterocycles. The normalized spacial score (nSPS) is 12.7. The number of nitrogens with one attached hydrogen (secondary N) is 1. The molecule has 0 aliphatic heterocycles. The summed E-state index contributed by atoms with van der Waals surface area (Å²) in [7, 11) is 0. The van der Waals surface area contributed by atoms with Crippen LogP contribution in [-0.4, -0.2) is 47.4 Å². The van der Waals surface area contributed by atoms with Gasteiger partial charge in [0.2, 0.25) is 5.91 Å². The molecule has 6 heteroatoms. The minimum absolute atomic E-state index is 0.00610. The highest BCUT2D eigenvalue weighted by Gasteiger charge is 2.20. The number of allylic oxidation sites excluding steroid dienone is 4. The van der Waals surface area contributed by atoms with E-state index in [0.29, 0.717) is 25.9 Å². The first kappa shape index (κ1) is 66.3. The number of ether oxygens (including phenoxy) is 1. The Bertz CT molecular complexity index is 1060. The van der Waals surface area contributed by atoms with Crippen LogP contribution in [0.3, 0.4) is 0 Å². The zero-order chi connectivity index (χ0) is 49.3. The van der Waals surface area contributed by atoms with Crippen LogP contribution in [0.25, 0.3) is 0 Å². The third-order valence-electron chi connectivity index (χ3n) is 14.3. The predicted molar refractivity (Wildman–Crippen MR) is 296 cm³/mol. The van der Waals surface area contributed by atoms with Gasteiger partial charge in [-0.2, -0.15) is 0 Å². The molecule has 0 saturated carbocycles. The van der Waals surface area contributed by atoms with Gasteiger partial charge in [-0.05, 0) is 57.8 Å². The lowest BCUT2D eigenvalue weighted by molar-refractivity contribution is -0.143. The van der Waals surface area contributed by atoms with Gasteiger partial charge in [0.25, 0.3) is 0 Å². The average Bonchev–Trinajstić information content (AvgIpc) is 3.34. The fourth-order valence-electron chi connectivity index (χ4n) is 9.55. The molecule has 3 N–H and O–H groups in total. The molecule has 0 spiro atoms. The Morgan fingerprint density at radius 1 is 0.412 bits per heavy atom. The Hall–Kier alpha value is -1.66. The standard InChI is InChI=1S/C62H119NO5/c1-3-5-7-9-11-13-15-17-19-20-23-27-30-34-38-42-46-50-54-60(65)59(58-64)63-61(66)55-51-47-43-39-35-31-28-24-21-22-25-29-33-37-41-45-49-53-57-68-62(67)56-52-48-44-40-36-32-26-18-16-14-12-10-8-6-4-2/h12,14,18,26,59-60,64-65H,3-11,13,15-17,19-25,27-58H2,1-2H3,(H,63,66)/b14-12-,26-18-. The van der Waals surface area contributed by atoms with E-state index in [-0.39, 0.29) is 18.5 Å². The summed E-state index contributed by atoms with van der Waals surface area (Å²) in [6.07, 6.45) is 70.3. The van der Waals surface area contributed by atoms with E-state index in [2.05, 4.69) is 43.5 Å². The molecule has 2 atom stereocenters. The van der Waals surface area contributed by atoms with Gasteiger partial charge in [-0.3, -0.25) is 9.59 Å². The van der Waals surface area contributed by atoms with Crippen LogP contribution >= 0.6 is 0 Å². The van der Waals surface area contributed by atoms with Crippen LogP contribution in [0.2, 0.25) is 0 Å². The summed E-state index contributed by atoms with van der Waals surface area (Å²) in [5, 5.41) is 23.3. The number of amides is 1. The largest absolute Gasteiger partial charge is 0.466 e. The summed E-state index contributed by atoms with van der Waals surface area (Å²) in [5.74, 6) is -0.0428. The summed E-state index contributed by atoms with van der Waals surface area (Å²) in [4.78, 5) is 24.6. The molecule has 0 heterocycles. The number of hydrogen-bond donors (Lipinski definition) is 3. The SMILES string of the molecule is CCCCC/C=C\C/C=C\CCCCCCCC(=O)OCCCCCCCCCCCCCCCCCCCCC(=O)NC(CO)C(O)CCCCCCCCCCCCCCCCCCCC. The Kier molecular flexibility index (Phi) is 56.5. The first-order chi connectivity index (χ1) is 33.5. The average molecular weight is 959 g/mol. The molecule has 0 aromatic rings. The molecular formula is C62H119NO5. The molecule has 402 valence electrons. The zero-order valence-corrected chi connectivity index (χ0v) is 45.9. The monoisotopic (exact) mass is 958 g/mol. The molecule has 0 aromatic heterocycles. The second-order valence-electron chi connectivity index (χ2n) is 21.0. The molecule has 1 amide bonds. The maximum Gasteiger partial charge on any atom is 0.305 e. The number of esters is 1. The van der Waals surface area contributed by atoms with Gasteiger partial charge < -0.3 is 20.3 Å². The Morgan fingerprint density at radius 2 is 0.735 bits per heavy atom. The molecule has 0 fully saturated rings. The molecule has 0 aromatic carbocycles. The van der Waals surface area contributed by atoms with E-state index in [0.717, 1.165) is 51.4 Å². The van der Waals surface area contributed by atoms with E-state index < -0.39 is 12.1 Å². The van der Waals surface area contributed by atoms with E-state index >= 15 is 0 Å². The molecule has 0 bridgehead atoms. The van der Waals surface area contributed by atoms with Crippen molar-refractivity contribution in [2.75, 3.05) is 13.2 Å². The first-order valence-corrected chi connectivity index (χ1v) is 30.6. The predicted octanol–water partition coefficient (Wildman–Crippen LogP) is 19.0. The van der Waals surface area contributed by atoms with Crippen molar-refractivity contribution >= 4 is 11.9 Å². The van der Waals surface area contributed by atoms with Gasteiger partial charge in [0.15, 0.2) is 0 Å². The summed E-state index contributed by atoms with van der Waals surface area (Å²) in [5.41, 5.74) is 0. The summed E-state index contributed by atoms with van der Waals surface area (Å²) >= 11 is 0. The van der Waals surface area contributed by atoms with Crippen LogP contribution in [0.15, 0.2) is 24.3 Å². The molecule has 0 aliphatic rings. The van der Waals surface area contributed by atoms with Gasteiger partial charge in [0.05, 0.1) is 25.4 Å². The lowest BCUT2D eigenvalue weighted by Crippen LogP contribution is -2.45. The third-order valence-corrected chi connectivity index (χ3v) is 14.3. The van der Waals surface area contributed by atoms with Crippen molar-refractivity contribution in [2.45, 2.75) is 347 Å². The van der Waals surface area contributed by atoms with E-state index in [4.69, 9.17) is 4.74 Å². The van der Waals surface area contributed by atoms with Crippen molar-refractivity contribution in [3.63, 3.8) is 0 Å². The minimum Gasteiger partial charge on any atom is -0.466 e. The molecule has 0 rings (SSSR count). The highest BCUT2D eigenvalue weighted by molar-refractivity contribution is 5.76. The molecule has 0 radical (unpaired) electrons. The quantitative estimate of drug-likeness (QED) is 0.0321. The molecule has 2 unspecified atom stereocenters. The Labute approximate surface area is 424 Å². The minimum atomic E-state index is -0.668. The molecular weight excluding hydrogens is 839 g/mol. The lowest BCUT2D eigenvalue weighted by atomic mass is 10.0. The van der Waals surface area contributed by atoms with Gasteiger partial charge in [-0.1, -0.05) is 289 Å². The maximum atomic E-state index is 12.5. The Morgan fingerprint density at radius 3 is 1.15 bits per heavy atom. The van der Waals surface area contributed by atoms with Crippen LogP contribution in [0.5, 0.6) is 0 Å². The van der Waals surface area contributed by atoms with Crippen molar-refractivity contribution in [1.82, 2.24) is 5.32 Å². The van der Waals surface area contributed by atoms with Gasteiger partial charge in [-0.15, -0.1) is 0 Å². The van der Waals surface area contributed by atoms with Crippen molar-refractivity contribution in [1.29, 1.82) is 0 Å². The van der Waals surface area contributed by atoms with Crippen LogP contribution in [0.1, 0.15) is 335 Å². The number of rotatable bonds is 57. The molecule has 68 heavy (non-hydrogen) atoms. The second kappa shape index (κ2) is 57.9. The number of aliphatic hydroxyl groups is 2. The van der Waals surface area contributed by atoms with Crippen molar-refractivity contribution < 1.29 is 24.5 Å². The van der Waals surface area contributed by atoms with E-state index in [1.165, 1.54) is 250 Å². The van der Waals surface area contributed by atoms with Crippen molar-refractivity contribution in [2.24, 2.45) is 0 Å². The lowest BCUT2D eigenvalue weighted by Gasteiger charge is -2.22. The van der Waals surface area contributed by atoms with E-state index in [1.54, 1.807) is 0 Å². The van der Waals surface area contributed by atoms with Crippen LogP contribution in [0, 0.1) is 0 Å². The van der Waals surface area contributed by atoms with Gasteiger partial charge in [0.1, 0.15) is 0 Å². The number of aliphatic hydroxyl groups excluding tert-OH is 2. The van der Waals surface area contributed by atoms with Gasteiger partial charge in [0, 0.05) is 12.8 Å². The van der Waals surface area contributed by atoms with Crippen LogP contribution < -0.4 is 5.32 Å². The summed E-state index contributed by atoms with van der Waals surface area (Å²) in [6, 6.07) is -0.545. The Balaban J connectivity index is 3.41. The van der Waals surface area contributed by atoms with E-state index in [1.807, 2.05) is 0 Å². The number of hydrogen-bond acceptors (Lipinski definition) is 5. The van der Waals surface area contributed by atoms with Crippen LogP contribution in [-0.2, 0) is 14.3 Å². The smallest absolute Gasteiger partial charge is 0.305 e. The fraction of sp³-hybridized carbons (Fsp3) is 0.903. The molecule has 6 nitrogen and oxygen atoms in total. The first-order valence-electron chi connectivity index (χ1n) is 30.6. The van der Waals surface area contributed by atoms with Gasteiger partial charge in [-0.25, -0.2) is 0 Å².